The molecule has 1 unspecified atom stereocenters. The highest BCUT2D eigenvalue weighted by Crippen LogP contribution is 2.30. The van der Waals surface area contributed by atoms with Crippen molar-refractivity contribution in [2.75, 3.05) is 7.11 Å². The molecule has 84 valence electrons. The average molecular weight is 212 g/mol. The highest BCUT2D eigenvalue weighted by atomic mass is 16.7. The van der Waals surface area contributed by atoms with Crippen LogP contribution >= 0.6 is 0 Å². The smallest absolute Gasteiger partial charge is 0.333 e. The first kappa shape index (κ1) is 11.6. The average Bonchev–Trinajstić information content (AvgIpc) is 2.60. The lowest BCUT2D eigenvalue weighted by molar-refractivity contribution is -0.139. The van der Waals surface area contributed by atoms with Crippen LogP contribution in [0.5, 0.6) is 0 Å². The van der Waals surface area contributed by atoms with E-state index in [-0.39, 0.29) is 0 Å². The first-order valence-corrected chi connectivity index (χ1v) is 4.82. The Bertz CT molecular complexity index is 306. The van der Waals surface area contributed by atoms with Gasteiger partial charge >= 0.3 is 5.97 Å². The third kappa shape index (κ3) is 2.75. The van der Waals surface area contributed by atoms with Crippen LogP contribution in [0.1, 0.15) is 26.7 Å². The Morgan fingerprint density at radius 1 is 1.67 bits per heavy atom. The highest BCUT2D eigenvalue weighted by molar-refractivity contribution is 5.87. The Hall–Kier alpha value is -1.45. The van der Waals surface area contributed by atoms with Gasteiger partial charge in [0.2, 0.25) is 5.79 Å². The van der Waals surface area contributed by atoms with Crippen molar-refractivity contribution in [1.82, 2.24) is 0 Å². The number of methoxy groups -OCH3 is 1. The van der Waals surface area contributed by atoms with Crippen molar-refractivity contribution in [2.45, 2.75) is 32.5 Å². The molecule has 0 aromatic rings. The minimum atomic E-state index is -0.605. The van der Waals surface area contributed by atoms with E-state index in [0.29, 0.717) is 17.8 Å². The maximum atomic E-state index is 11.1. The molecule has 1 rings (SSSR count). The zero-order valence-corrected chi connectivity index (χ0v) is 9.33. The second kappa shape index (κ2) is 4.38. The Balaban J connectivity index is 2.49. The minimum absolute atomic E-state index is 0.322. The van der Waals surface area contributed by atoms with E-state index in [1.165, 1.54) is 13.4 Å². The summed E-state index contributed by atoms with van der Waals surface area (Å²) in [6.45, 7) is 7.42. The summed E-state index contributed by atoms with van der Waals surface area (Å²) in [5.74, 6) is -0.425. The Morgan fingerprint density at radius 3 is 2.80 bits per heavy atom. The zero-order chi connectivity index (χ0) is 11.5. The summed E-state index contributed by atoms with van der Waals surface area (Å²) in [6.07, 6.45) is 2.58. The van der Waals surface area contributed by atoms with Gasteiger partial charge in [0.05, 0.1) is 7.11 Å². The fraction of sp³-hybridized carbons (Fsp3) is 0.545. The summed E-state index contributed by atoms with van der Waals surface area (Å²) in [6, 6.07) is 0. The topological polar surface area (TPSA) is 44.8 Å². The third-order valence-corrected chi connectivity index (χ3v) is 2.29. The van der Waals surface area contributed by atoms with Crippen LogP contribution in [-0.4, -0.2) is 18.9 Å². The number of rotatable bonds is 4. The van der Waals surface area contributed by atoms with Crippen LogP contribution in [0.2, 0.25) is 0 Å². The van der Waals surface area contributed by atoms with Crippen LogP contribution in [0.25, 0.3) is 0 Å². The number of ether oxygens (including phenoxy) is 3. The number of carbonyl (C=O) groups is 1. The molecule has 0 spiro atoms. The van der Waals surface area contributed by atoms with Crippen molar-refractivity contribution in [3.8, 4) is 0 Å². The molecule has 15 heavy (non-hydrogen) atoms. The molecule has 4 nitrogen and oxygen atoms in total. The van der Waals surface area contributed by atoms with E-state index in [9.17, 15) is 4.79 Å². The van der Waals surface area contributed by atoms with Crippen LogP contribution < -0.4 is 0 Å². The summed E-state index contributed by atoms with van der Waals surface area (Å²) in [7, 11) is 1.32. The number of esters is 1. The van der Waals surface area contributed by atoms with Gasteiger partial charge in [-0.15, -0.1) is 0 Å². The predicted molar refractivity (Wildman–Crippen MR) is 54.7 cm³/mol. The van der Waals surface area contributed by atoms with Gasteiger partial charge in [-0.2, -0.15) is 0 Å². The largest absolute Gasteiger partial charge is 0.466 e. The van der Waals surface area contributed by atoms with Crippen LogP contribution in [0.3, 0.4) is 0 Å². The van der Waals surface area contributed by atoms with E-state index in [1.807, 2.05) is 13.8 Å². The third-order valence-electron chi connectivity index (χ3n) is 2.29. The van der Waals surface area contributed by atoms with Gasteiger partial charge in [-0.3, -0.25) is 0 Å². The molecule has 0 saturated heterocycles. The number of hydrogen-bond acceptors (Lipinski definition) is 4. The summed E-state index contributed by atoms with van der Waals surface area (Å²) < 4.78 is 15.4. The van der Waals surface area contributed by atoms with Gasteiger partial charge in [-0.25, -0.2) is 4.79 Å². The molecule has 1 heterocycles. The standard InChI is InChI=1S/C11H16O4/c1-5-11(3)14-7-9(15-11)6-8(2)10(12)13-4/h7H,2,5-6H2,1,3-4H3. The minimum Gasteiger partial charge on any atom is -0.466 e. The van der Waals surface area contributed by atoms with Crippen molar-refractivity contribution >= 4 is 5.97 Å². The predicted octanol–water partition coefficient (Wildman–Crippen LogP) is 2.12. The van der Waals surface area contributed by atoms with Gasteiger partial charge in [0, 0.05) is 25.3 Å². The van der Waals surface area contributed by atoms with Crippen molar-refractivity contribution in [1.29, 1.82) is 0 Å². The Morgan fingerprint density at radius 2 is 2.33 bits per heavy atom. The Labute approximate surface area is 89.5 Å². The molecule has 0 bridgehead atoms. The summed E-state index contributed by atoms with van der Waals surface area (Å²) in [5, 5.41) is 0. The maximum Gasteiger partial charge on any atom is 0.333 e. The molecular formula is C11H16O4. The molecule has 0 amide bonds. The first-order valence-electron chi connectivity index (χ1n) is 4.82. The van der Waals surface area contributed by atoms with E-state index in [0.717, 1.165) is 6.42 Å². The van der Waals surface area contributed by atoms with Gasteiger partial charge in [0.15, 0.2) is 0 Å². The lowest BCUT2D eigenvalue weighted by Gasteiger charge is -2.22. The second-order valence-electron chi connectivity index (χ2n) is 3.56. The molecule has 1 aliphatic rings. The fourth-order valence-corrected chi connectivity index (χ4v) is 1.18. The van der Waals surface area contributed by atoms with Gasteiger partial charge in [-0.1, -0.05) is 13.5 Å². The van der Waals surface area contributed by atoms with Gasteiger partial charge in [-0.05, 0) is 0 Å². The number of allylic oxidation sites excluding steroid dienone is 1. The molecule has 0 aromatic heterocycles. The van der Waals surface area contributed by atoms with Gasteiger partial charge in [0.25, 0.3) is 0 Å². The SMILES string of the molecule is C=C(CC1=COC(C)(CC)O1)C(=O)OC. The molecule has 1 atom stereocenters. The van der Waals surface area contributed by atoms with E-state index >= 15 is 0 Å². The normalized spacial score (nSPS) is 23.8. The molecule has 0 aromatic carbocycles. The van der Waals surface area contributed by atoms with Crippen LogP contribution in [0, 0.1) is 0 Å². The van der Waals surface area contributed by atoms with E-state index < -0.39 is 11.8 Å². The molecular weight excluding hydrogens is 196 g/mol. The van der Waals surface area contributed by atoms with E-state index in [2.05, 4.69) is 11.3 Å². The molecule has 0 N–H and O–H groups in total. The summed E-state index contributed by atoms with van der Waals surface area (Å²) >= 11 is 0. The lowest BCUT2D eigenvalue weighted by atomic mass is 10.2. The first-order chi connectivity index (χ1) is 7.00. The number of carbonyl (C=O) groups excluding carboxylic acids is 1. The molecule has 0 aliphatic carbocycles. The Kier molecular flexibility index (Phi) is 3.39. The lowest BCUT2D eigenvalue weighted by Crippen LogP contribution is -2.24. The van der Waals surface area contributed by atoms with Crippen LogP contribution in [0.4, 0.5) is 0 Å². The van der Waals surface area contributed by atoms with Gasteiger partial charge in [0.1, 0.15) is 12.0 Å². The van der Waals surface area contributed by atoms with Crippen molar-refractivity contribution in [3.05, 3.63) is 24.2 Å². The van der Waals surface area contributed by atoms with Crippen LogP contribution in [-0.2, 0) is 19.0 Å². The second-order valence-corrected chi connectivity index (χ2v) is 3.56. The van der Waals surface area contributed by atoms with E-state index in [4.69, 9.17) is 9.47 Å². The summed E-state index contributed by atoms with van der Waals surface area (Å²) in [4.78, 5) is 11.1. The van der Waals surface area contributed by atoms with Crippen molar-refractivity contribution in [2.24, 2.45) is 0 Å². The highest BCUT2D eigenvalue weighted by Gasteiger charge is 2.31. The maximum absolute atomic E-state index is 11.1. The monoisotopic (exact) mass is 212 g/mol. The van der Waals surface area contributed by atoms with Gasteiger partial charge < -0.3 is 14.2 Å². The number of hydrogen-bond donors (Lipinski definition) is 0. The van der Waals surface area contributed by atoms with Crippen LogP contribution in [0.15, 0.2) is 24.2 Å². The quantitative estimate of drug-likeness (QED) is 0.529. The molecule has 1 aliphatic heterocycles. The molecule has 0 fully saturated rings. The van der Waals surface area contributed by atoms with Crippen molar-refractivity contribution in [3.63, 3.8) is 0 Å². The fourth-order valence-electron chi connectivity index (χ4n) is 1.18. The summed E-state index contributed by atoms with van der Waals surface area (Å²) in [5.41, 5.74) is 0.354. The zero-order valence-electron chi connectivity index (χ0n) is 9.33. The molecule has 0 radical (unpaired) electrons. The van der Waals surface area contributed by atoms with Crippen molar-refractivity contribution < 1.29 is 19.0 Å². The molecule has 4 heteroatoms. The molecule has 0 saturated carbocycles. The van der Waals surface area contributed by atoms with E-state index in [1.54, 1.807) is 0 Å².